The first kappa shape index (κ1) is 26.6. The van der Waals surface area contributed by atoms with Crippen LogP contribution in [0, 0.1) is 17.3 Å². The normalized spacial score (nSPS) is 18.5. The Morgan fingerprint density at radius 3 is 2.45 bits per heavy atom. The van der Waals surface area contributed by atoms with Gasteiger partial charge in [-0.15, -0.1) is 0 Å². The maximum Gasteiger partial charge on any atom is 0.407 e. The highest BCUT2D eigenvalue weighted by Gasteiger charge is 2.32. The van der Waals surface area contributed by atoms with E-state index in [1.807, 2.05) is 46.8 Å². The van der Waals surface area contributed by atoms with E-state index in [0.29, 0.717) is 25.8 Å². The van der Waals surface area contributed by atoms with Crippen molar-refractivity contribution < 1.29 is 23.9 Å². The van der Waals surface area contributed by atoms with Gasteiger partial charge in [0.2, 0.25) is 5.78 Å². The Morgan fingerprint density at radius 2 is 1.82 bits per heavy atom. The number of aryl methyl sites for hydroxylation is 1. The van der Waals surface area contributed by atoms with Gasteiger partial charge in [0.05, 0.1) is 12.6 Å². The quantitative estimate of drug-likeness (QED) is 0.634. The largest absolute Gasteiger partial charge is 0.449 e. The highest BCUT2D eigenvalue weighted by molar-refractivity contribution is 6.37. The van der Waals surface area contributed by atoms with E-state index in [4.69, 9.17) is 4.74 Å². The standard InChI is InChI=1S/C26H38N2O5/c1-17(2)22(28-25(32)33-16-26(3,4)5)21(29)15-20-11-7-10-18-8-6-9-19(14-18)12-13-27-24(31)23(20)30/h6,8-9,14,17,20,22H,7,10-13,15-16H2,1-5H3,(H,27,31)(H,28,32). The number of ketones is 2. The number of Topliss-reactive ketones (excluding diaryl/α,β-unsaturated/α-hetero) is 2. The van der Waals surface area contributed by atoms with Gasteiger partial charge in [0, 0.05) is 18.9 Å². The van der Waals surface area contributed by atoms with Gasteiger partial charge in [-0.2, -0.15) is 0 Å². The number of alkyl carbamates (subject to hydrolysis) is 1. The molecule has 0 radical (unpaired) electrons. The summed E-state index contributed by atoms with van der Waals surface area (Å²) in [6, 6.07) is 7.40. The van der Waals surface area contributed by atoms with E-state index >= 15 is 0 Å². The Bertz CT molecular complexity index is 856. The molecule has 2 unspecified atom stereocenters. The fourth-order valence-corrected chi connectivity index (χ4v) is 3.85. The molecular formula is C26H38N2O5. The van der Waals surface area contributed by atoms with E-state index in [1.165, 1.54) is 5.56 Å². The minimum absolute atomic E-state index is 0.0886. The molecule has 1 aromatic carbocycles. The molecule has 0 aromatic heterocycles. The van der Waals surface area contributed by atoms with Crippen molar-refractivity contribution in [3.63, 3.8) is 0 Å². The Hall–Kier alpha value is -2.70. The zero-order valence-corrected chi connectivity index (χ0v) is 20.5. The minimum Gasteiger partial charge on any atom is -0.449 e. The minimum atomic E-state index is -0.786. The van der Waals surface area contributed by atoms with Crippen molar-refractivity contribution in [2.45, 2.75) is 72.8 Å². The summed E-state index contributed by atoms with van der Waals surface area (Å²) in [5.74, 6) is -2.38. The van der Waals surface area contributed by atoms with Crippen molar-refractivity contribution >= 4 is 23.6 Å². The van der Waals surface area contributed by atoms with Crippen LogP contribution in [0.4, 0.5) is 4.79 Å². The predicted molar refractivity (Wildman–Crippen MR) is 127 cm³/mol. The molecule has 182 valence electrons. The molecule has 2 amide bonds. The van der Waals surface area contributed by atoms with Crippen molar-refractivity contribution in [1.29, 1.82) is 0 Å². The second-order valence-electron chi connectivity index (χ2n) is 10.5. The van der Waals surface area contributed by atoms with Crippen LogP contribution in [0.2, 0.25) is 0 Å². The summed E-state index contributed by atoms with van der Waals surface area (Å²) < 4.78 is 5.25. The lowest BCUT2D eigenvalue weighted by Gasteiger charge is -2.25. The molecule has 1 aliphatic heterocycles. The Kier molecular flexibility index (Phi) is 9.62. The average molecular weight is 459 g/mol. The van der Waals surface area contributed by atoms with Crippen LogP contribution in [0.25, 0.3) is 0 Å². The van der Waals surface area contributed by atoms with Crippen LogP contribution in [0.5, 0.6) is 0 Å². The van der Waals surface area contributed by atoms with Crippen molar-refractivity contribution in [2.24, 2.45) is 17.3 Å². The lowest BCUT2D eigenvalue weighted by Crippen LogP contribution is -2.46. The van der Waals surface area contributed by atoms with Gasteiger partial charge in [0.15, 0.2) is 5.78 Å². The fraction of sp³-hybridized carbons (Fsp3) is 0.615. The molecule has 0 spiro atoms. The Balaban J connectivity index is 2.08. The van der Waals surface area contributed by atoms with E-state index in [-0.39, 0.29) is 30.1 Å². The summed E-state index contributed by atoms with van der Waals surface area (Å²) in [4.78, 5) is 50.6. The first-order valence-electron chi connectivity index (χ1n) is 11.8. The molecule has 2 rings (SSSR count). The molecule has 0 aliphatic carbocycles. The van der Waals surface area contributed by atoms with Gasteiger partial charge in [-0.05, 0) is 48.1 Å². The van der Waals surface area contributed by atoms with Gasteiger partial charge in [0.1, 0.15) is 0 Å². The van der Waals surface area contributed by atoms with Gasteiger partial charge in [0.25, 0.3) is 5.91 Å². The molecule has 0 fully saturated rings. The molecule has 2 atom stereocenters. The Labute approximate surface area is 197 Å². The zero-order valence-electron chi connectivity index (χ0n) is 20.5. The Morgan fingerprint density at radius 1 is 1.15 bits per heavy atom. The van der Waals surface area contributed by atoms with E-state index < -0.39 is 29.7 Å². The number of hydrogen-bond donors (Lipinski definition) is 2. The molecule has 1 aliphatic rings. The van der Waals surface area contributed by atoms with Crippen LogP contribution < -0.4 is 10.6 Å². The molecule has 33 heavy (non-hydrogen) atoms. The van der Waals surface area contributed by atoms with Crippen LogP contribution in [0.1, 0.15) is 65.0 Å². The first-order valence-corrected chi connectivity index (χ1v) is 11.8. The predicted octanol–water partition coefficient (Wildman–Crippen LogP) is 3.62. The maximum atomic E-state index is 13.1. The number of rotatable bonds is 6. The summed E-state index contributed by atoms with van der Waals surface area (Å²) in [5, 5.41) is 5.34. The van der Waals surface area contributed by atoms with E-state index in [9.17, 15) is 19.2 Å². The number of fused-ring (bicyclic) bond motifs is 2. The summed E-state index contributed by atoms with van der Waals surface area (Å²) in [6.45, 7) is 10.1. The molecule has 1 aromatic rings. The lowest BCUT2D eigenvalue weighted by molar-refractivity contribution is -0.141. The third-order valence-electron chi connectivity index (χ3n) is 5.67. The third kappa shape index (κ3) is 8.98. The van der Waals surface area contributed by atoms with Crippen LogP contribution >= 0.6 is 0 Å². The van der Waals surface area contributed by atoms with E-state index in [0.717, 1.165) is 12.0 Å². The zero-order chi connectivity index (χ0) is 24.6. The number of hydrogen-bond acceptors (Lipinski definition) is 5. The second-order valence-corrected chi connectivity index (χ2v) is 10.5. The summed E-state index contributed by atoms with van der Waals surface area (Å²) in [6.07, 6.45) is 1.80. The smallest absolute Gasteiger partial charge is 0.407 e. The van der Waals surface area contributed by atoms with Gasteiger partial charge in [-0.25, -0.2) is 4.79 Å². The molecule has 7 nitrogen and oxygen atoms in total. The van der Waals surface area contributed by atoms with Gasteiger partial charge < -0.3 is 15.4 Å². The van der Waals surface area contributed by atoms with Crippen molar-refractivity contribution in [3.8, 4) is 0 Å². The lowest BCUT2D eigenvalue weighted by atomic mass is 9.86. The topological polar surface area (TPSA) is 102 Å². The average Bonchev–Trinajstić information content (AvgIpc) is 2.73. The molecule has 1 heterocycles. The first-order chi connectivity index (χ1) is 15.5. The summed E-state index contributed by atoms with van der Waals surface area (Å²) in [5.41, 5.74) is 2.11. The van der Waals surface area contributed by atoms with Gasteiger partial charge in [-0.3, -0.25) is 14.4 Å². The number of ether oxygens (including phenoxy) is 1. The molecular weight excluding hydrogens is 420 g/mol. The van der Waals surface area contributed by atoms with Gasteiger partial charge in [-0.1, -0.05) is 58.9 Å². The highest BCUT2D eigenvalue weighted by atomic mass is 16.5. The number of amides is 2. The summed E-state index contributed by atoms with van der Waals surface area (Å²) >= 11 is 0. The highest BCUT2D eigenvalue weighted by Crippen LogP contribution is 2.20. The monoisotopic (exact) mass is 458 g/mol. The molecule has 2 N–H and O–H groups in total. The molecule has 7 heteroatoms. The second kappa shape index (κ2) is 12.0. The maximum absolute atomic E-state index is 13.1. The van der Waals surface area contributed by atoms with Gasteiger partial charge >= 0.3 is 6.09 Å². The van der Waals surface area contributed by atoms with E-state index in [1.54, 1.807) is 0 Å². The molecule has 0 saturated carbocycles. The SMILES string of the molecule is CC(C)C(NC(=O)OCC(C)(C)C)C(=O)CC1CCCc2cccc(c2)CCNC(=O)C1=O. The van der Waals surface area contributed by atoms with Crippen LogP contribution in [0.15, 0.2) is 24.3 Å². The van der Waals surface area contributed by atoms with Crippen molar-refractivity contribution in [2.75, 3.05) is 13.2 Å². The molecule has 2 bridgehead atoms. The fourth-order valence-electron chi connectivity index (χ4n) is 3.85. The van der Waals surface area contributed by atoms with Crippen molar-refractivity contribution in [3.05, 3.63) is 35.4 Å². The summed E-state index contributed by atoms with van der Waals surface area (Å²) in [7, 11) is 0. The molecule has 0 saturated heterocycles. The van der Waals surface area contributed by atoms with E-state index in [2.05, 4.69) is 22.8 Å². The van der Waals surface area contributed by atoms with Crippen LogP contribution in [0.3, 0.4) is 0 Å². The van der Waals surface area contributed by atoms with Crippen LogP contribution in [-0.2, 0) is 32.0 Å². The van der Waals surface area contributed by atoms with Crippen LogP contribution in [-0.4, -0.2) is 42.8 Å². The van der Waals surface area contributed by atoms with Crippen molar-refractivity contribution in [1.82, 2.24) is 10.6 Å². The third-order valence-corrected chi connectivity index (χ3v) is 5.67. The number of benzene rings is 1. The number of carbonyl (C=O) groups is 4. The number of nitrogens with one attached hydrogen (secondary N) is 2. The number of carbonyl (C=O) groups excluding carboxylic acids is 4.